The molecule has 2 aromatic heterocycles. The van der Waals surface area contributed by atoms with Crippen molar-refractivity contribution in [3.63, 3.8) is 0 Å². The number of nitrogens with zero attached hydrogens (tertiary/aromatic N) is 5. The molecule has 8 heteroatoms. The molecule has 0 amide bonds. The molecule has 90 valence electrons. The molecule has 0 bridgehead atoms. The monoisotopic (exact) mass is 270 g/mol. The van der Waals surface area contributed by atoms with Gasteiger partial charge in [0.1, 0.15) is 16.0 Å². The summed E-state index contributed by atoms with van der Waals surface area (Å²) in [7, 11) is 0. The van der Waals surface area contributed by atoms with E-state index in [-0.39, 0.29) is 0 Å². The molecule has 0 aromatic carbocycles. The standard InChI is InChI=1S/C9H11ClN6S/c1-3-7-14-15-9(16(7)11)17-8-4-6(10)12-5(2)13-8/h4H,3,11H2,1-2H3. The van der Waals surface area contributed by atoms with Crippen LogP contribution >= 0.6 is 23.4 Å². The number of nitrogens with two attached hydrogens (primary N) is 1. The Morgan fingerprint density at radius 2 is 2.18 bits per heavy atom. The van der Waals surface area contributed by atoms with Crippen LogP contribution in [0.2, 0.25) is 5.15 Å². The van der Waals surface area contributed by atoms with Gasteiger partial charge in [0.25, 0.3) is 0 Å². The lowest BCUT2D eigenvalue weighted by Gasteiger charge is -2.02. The van der Waals surface area contributed by atoms with Crippen LogP contribution in [-0.4, -0.2) is 24.8 Å². The number of aromatic nitrogens is 5. The fourth-order valence-electron chi connectivity index (χ4n) is 1.27. The molecule has 0 saturated heterocycles. The van der Waals surface area contributed by atoms with Crippen LogP contribution in [0.25, 0.3) is 0 Å². The highest BCUT2D eigenvalue weighted by Gasteiger charge is 2.11. The Balaban J connectivity index is 2.28. The van der Waals surface area contributed by atoms with E-state index in [0.29, 0.717) is 21.2 Å². The van der Waals surface area contributed by atoms with E-state index < -0.39 is 0 Å². The summed E-state index contributed by atoms with van der Waals surface area (Å²) in [6.07, 6.45) is 0.730. The molecular weight excluding hydrogens is 260 g/mol. The molecule has 0 saturated carbocycles. The fourth-order valence-corrected chi connectivity index (χ4v) is 2.38. The molecule has 0 aliphatic rings. The molecule has 2 N–H and O–H groups in total. The predicted molar refractivity (Wildman–Crippen MR) is 65.5 cm³/mol. The topological polar surface area (TPSA) is 82.5 Å². The second-order valence-electron chi connectivity index (χ2n) is 3.30. The van der Waals surface area contributed by atoms with Crippen LogP contribution in [0.1, 0.15) is 18.6 Å². The van der Waals surface area contributed by atoms with E-state index >= 15 is 0 Å². The minimum atomic E-state index is 0.402. The van der Waals surface area contributed by atoms with Crippen LogP contribution in [0.3, 0.4) is 0 Å². The molecule has 0 fully saturated rings. The lowest BCUT2D eigenvalue weighted by Crippen LogP contribution is -2.13. The Labute approximate surface area is 108 Å². The summed E-state index contributed by atoms with van der Waals surface area (Å²) in [5.74, 6) is 7.17. The van der Waals surface area contributed by atoms with Gasteiger partial charge in [-0.2, -0.15) is 0 Å². The van der Waals surface area contributed by atoms with E-state index in [1.165, 1.54) is 16.4 Å². The van der Waals surface area contributed by atoms with Crippen molar-refractivity contribution >= 4 is 23.4 Å². The first-order chi connectivity index (χ1) is 8.10. The quantitative estimate of drug-likeness (QED) is 0.672. The largest absolute Gasteiger partial charge is 0.336 e. The highest BCUT2D eigenvalue weighted by Crippen LogP contribution is 2.25. The predicted octanol–water partition coefficient (Wildman–Crippen LogP) is 1.46. The first-order valence-corrected chi connectivity index (χ1v) is 6.18. The van der Waals surface area contributed by atoms with Gasteiger partial charge in [0.05, 0.1) is 0 Å². The molecule has 0 aliphatic heterocycles. The molecule has 0 spiro atoms. The van der Waals surface area contributed by atoms with Crippen molar-refractivity contribution in [3.8, 4) is 0 Å². The van der Waals surface area contributed by atoms with Crippen molar-refractivity contribution in [2.24, 2.45) is 0 Å². The molecule has 17 heavy (non-hydrogen) atoms. The Hall–Kier alpha value is -1.34. The van der Waals surface area contributed by atoms with E-state index in [4.69, 9.17) is 17.4 Å². The van der Waals surface area contributed by atoms with E-state index in [1.807, 2.05) is 6.92 Å². The maximum atomic E-state index is 5.85. The summed E-state index contributed by atoms with van der Waals surface area (Å²) in [5, 5.41) is 9.63. The van der Waals surface area contributed by atoms with Crippen LogP contribution < -0.4 is 5.84 Å². The maximum absolute atomic E-state index is 5.85. The molecule has 0 unspecified atom stereocenters. The van der Waals surface area contributed by atoms with Gasteiger partial charge in [-0.25, -0.2) is 14.6 Å². The molecule has 0 radical (unpaired) electrons. The summed E-state index contributed by atoms with van der Waals surface area (Å²) in [5.41, 5.74) is 0. The normalized spacial score (nSPS) is 10.8. The van der Waals surface area contributed by atoms with Gasteiger partial charge in [0.2, 0.25) is 5.16 Å². The van der Waals surface area contributed by atoms with E-state index in [0.717, 1.165) is 12.2 Å². The summed E-state index contributed by atoms with van der Waals surface area (Å²) in [6, 6.07) is 1.67. The summed E-state index contributed by atoms with van der Waals surface area (Å²) < 4.78 is 1.45. The average Bonchev–Trinajstić information content (AvgIpc) is 2.58. The second-order valence-corrected chi connectivity index (χ2v) is 4.68. The summed E-state index contributed by atoms with van der Waals surface area (Å²) >= 11 is 7.16. The fraction of sp³-hybridized carbons (Fsp3) is 0.333. The zero-order valence-corrected chi connectivity index (χ0v) is 11.0. The highest BCUT2D eigenvalue weighted by atomic mass is 35.5. The molecule has 6 nitrogen and oxygen atoms in total. The zero-order valence-electron chi connectivity index (χ0n) is 9.38. The van der Waals surface area contributed by atoms with Gasteiger partial charge >= 0.3 is 0 Å². The Morgan fingerprint density at radius 3 is 2.76 bits per heavy atom. The van der Waals surface area contributed by atoms with Gasteiger partial charge in [-0.1, -0.05) is 18.5 Å². The van der Waals surface area contributed by atoms with Gasteiger partial charge in [0, 0.05) is 12.5 Å². The molecule has 0 aliphatic carbocycles. The highest BCUT2D eigenvalue weighted by molar-refractivity contribution is 7.99. The molecular formula is C9H11ClN6S. The van der Waals surface area contributed by atoms with Crippen molar-refractivity contribution in [1.82, 2.24) is 24.8 Å². The van der Waals surface area contributed by atoms with Gasteiger partial charge < -0.3 is 5.84 Å². The summed E-state index contributed by atoms with van der Waals surface area (Å²) in [4.78, 5) is 8.22. The SMILES string of the molecule is CCc1nnc(Sc2cc(Cl)nc(C)n2)n1N. The number of halogens is 1. The maximum Gasteiger partial charge on any atom is 0.216 e. The molecule has 2 aromatic rings. The second kappa shape index (κ2) is 4.89. The Morgan fingerprint density at radius 1 is 1.41 bits per heavy atom. The number of rotatable bonds is 3. The first kappa shape index (κ1) is 12.1. The third-order valence-electron chi connectivity index (χ3n) is 2.03. The number of aryl methyl sites for hydroxylation is 2. The third kappa shape index (κ3) is 2.67. The van der Waals surface area contributed by atoms with E-state index in [2.05, 4.69) is 20.2 Å². The van der Waals surface area contributed by atoms with Crippen LogP contribution in [0.4, 0.5) is 0 Å². The van der Waals surface area contributed by atoms with Crippen molar-refractivity contribution in [2.75, 3.05) is 5.84 Å². The molecule has 0 atom stereocenters. The number of hydrogen-bond acceptors (Lipinski definition) is 6. The van der Waals surface area contributed by atoms with Crippen LogP contribution in [0, 0.1) is 6.92 Å². The van der Waals surface area contributed by atoms with Crippen molar-refractivity contribution in [1.29, 1.82) is 0 Å². The Bertz CT molecular complexity index is 520. The van der Waals surface area contributed by atoms with Gasteiger partial charge in [-0.05, 0) is 18.7 Å². The first-order valence-electron chi connectivity index (χ1n) is 4.98. The van der Waals surface area contributed by atoms with Crippen LogP contribution in [0.15, 0.2) is 16.2 Å². The minimum Gasteiger partial charge on any atom is -0.336 e. The van der Waals surface area contributed by atoms with Gasteiger partial charge in [-0.15, -0.1) is 10.2 Å². The van der Waals surface area contributed by atoms with Crippen LogP contribution in [-0.2, 0) is 6.42 Å². The van der Waals surface area contributed by atoms with Crippen LogP contribution in [0.5, 0.6) is 0 Å². The lowest BCUT2D eigenvalue weighted by molar-refractivity contribution is 0.794. The van der Waals surface area contributed by atoms with Gasteiger partial charge in [-0.3, -0.25) is 0 Å². The average molecular weight is 271 g/mol. The number of nitrogen functional groups attached to an aromatic ring is 1. The number of hydrogen-bond donors (Lipinski definition) is 1. The van der Waals surface area contributed by atoms with E-state index in [1.54, 1.807) is 13.0 Å². The summed E-state index contributed by atoms with van der Waals surface area (Å²) in [6.45, 7) is 3.74. The zero-order chi connectivity index (χ0) is 12.4. The molecule has 2 heterocycles. The van der Waals surface area contributed by atoms with Gasteiger partial charge in [0.15, 0.2) is 5.82 Å². The smallest absolute Gasteiger partial charge is 0.216 e. The van der Waals surface area contributed by atoms with Crippen molar-refractivity contribution in [3.05, 3.63) is 22.9 Å². The Kier molecular flexibility index (Phi) is 3.49. The van der Waals surface area contributed by atoms with Crippen molar-refractivity contribution < 1.29 is 0 Å². The third-order valence-corrected chi connectivity index (χ3v) is 3.10. The molecule has 2 rings (SSSR count). The van der Waals surface area contributed by atoms with E-state index in [9.17, 15) is 0 Å². The van der Waals surface area contributed by atoms with Crippen molar-refractivity contribution in [2.45, 2.75) is 30.5 Å². The minimum absolute atomic E-state index is 0.402. The lowest BCUT2D eigenvalue weighted by atomic mass is 10.5.